The highest BCUT2D eigenvalue weighted by atomic mass is 79.9. The summed E-state index contributed by atoms with van der Waals surface area (Å²) in [6, 6.07) is 12.5. The minimum Gasteiger partial charge on any atom is -0.493 e. The molecule has 24 heavy (non-hydrogen) atoms. The molecule has 0 bridgehead atoms. The Kier molecular flexibility index (Phi) is 6.21. The second-order valence-corrected chi connectivity index (χ2v) is 5.77. The molecule has 0 aliphatic carbocycles. The predicted molar refractivity (Wildman–Crippen MR) is 94.2 cm³/mol. The van der Waals surface area contributed by atoms with Crippen molar-refractivity contribution in [1.29, 1.82) is 5.26 Å². The maximum absolute atomic E-state index is 12.3. The molecule has 0 aliphatic heterocycles. The molecular formula is C18H17BrN2O3. The van der Waals surface area contributed by atoms with Crippen molar-refractivity contribution in [3.63, 3.8) is 0 Å². The van der Waals surface area contributed by atoms with Gasteiger partial charge in [0.15, 0.2) is 11.5 Å². The van der Waals surface area contributed by atoms with E-state index in [1.807, 2.05) is 19.1 Å². The van der Waals surface area contributed by atoms with Gasteiger partial charge in [0, 0.05) is 12.1 Å². The minimum absolute atomic E-state index is 0.221. The third kappa shape index (κ3) is 4.27. The Labute approximate surface area is 149 Å². The second-order valence-electron chi connectivity index (χ2n) is 4.91. The molecule has 0 unspecified atom stereocenters. The van der Waals surface area contributed by atoms with Crippen molar-refractivity contribution in [2.24, 2.45) is 0 Å². The van der Waals surface area contributed by atoms with Crippen molar-refractivity contribution in [2.45, 2.75) is 13.5 Å². The molecule has 2 aromatic rings. The summed E-state index contributed by atoms with van der Waals surface area (Å²) < 4.78 is 11.5. The van der Waals surface area contributed by atoms with E-state index in [4.69, 9.17) is 14.7 Å². The van der Waals surface area contributed by atoms with Gasteiger partial charge >= 0.3 is 0 Å². The minimum atomic E-state index is -0.221. The zero-order chi connectivity index (χ0) is 17.5. The molecular weight excluding hydrogens is 372 g/mol. The van der Waals surface area contributed by atoms with E-state index in [2.05, 4.69) is 27.3 Å². The van der Waals surface area contributed by atoms with E-state index in [1.165, 1.54) is 7.11 Å². The molecule has 0 radical (unpaired) electrons. The number of nitriles is 1. The van der Waals surface area contributed by atoms with Crippen LogP contribution >= 0.6 is 15.9 Å². The van der Waals surface area contributed by atoms with Crippen molar-refractivity contribution in [3.8, 4) is 17.6 Å². The van der Waals surface area contributed by atoms with Crippen LogP contribution in [0.5, 0.6) is 11.5 Å². The Bertz CT molecular complexity index is 767. The number of ether oxygens (including phenoxy) is 2. The van der Waals surface area contributed by atoms with Gasteiger partial charge in [-0.3, -0.25) is 4.79 Å². The summed E-state index contributed by atoms with van der Waals surface area (Å²) >= 11 is 3.40. The molecule has 124 valence electrons. The number of nitrogens with zero attached hydrogens (tertiary/aromatic N) is 1. The van der Waals surface area contributed by atoms with Gasteiger partial charge in [-0.25, -0.2) is 0 Å². The fourth-order valence-electron chi connectivity index (χ4n) is 2.12. The lowest BCUT2D eigenvalue weighted by atomic mass is 10.1. The zero-order valence-corrected chi connectivity index (χ0v) is 15.0. The fraction of sp³-hybridized carbons (Fsp3) is 0.222. The molecule has 0 atom stereocenters. The third-order valence-corrected chi connectivity index (χ3v) is 3.91. The van der Waals surface area contributed by atoms with Crippen LogP contribution in [0, 0.1) is 11.3 Å². The van der Waals surface area contributed by atoms with Gasteiger partial charge in [-0.05, 0) is 52.7 Å². The average molecular weight is 389 g/mol. The number of halogens is 1. The summed E-state index contributed by atoms with van der Waals surface area (Å²) in [5, 5.41) is 11.6. The normalized spacial score (nSPS) is 9.92. The smallest absolute Gasteiger partial charge is 0.251 e. The molecule has 6 heteroatoms. The Hall–Kier alpha value is -2.52. The van der Waals surface area contributed by atoms with Gasteiger partial charge in [-0.15, -0.1) is 0 Å². The van der Waals surface area contributed by atoms with Crippen LogP contribution in [0.1, 0.15) is 28.4 Å². The van der Waals surface area contributed by atoms with E-state index < -0.39 is 0 Å². The molecule has 1 N–H and O–H groups in total. The number of carbonyl (C=O) groups is 1. The van der Waals surface area contributed by atoms with Crippen LogP contribution in [0.3, 0.4) is 0 Å². The van der Waals surface area contributed by atoms with E-state index in [0.717, 1.165) is 5.56 Å². The number of nitrogens with one attached hydrogen (secondary N) is 1. The van der Waals surface area contributed by atoms with Gasteiger partial charge in [0.25, 0.3) is 5.91 Å². The van der Waals surface area contributed by atoms with Gasteiger partial charge in [0.05, 0.1) is 29.8 Å². The largest absolute Gasteiger partial charge is 0.493 e. The quantitative estimate of drug-likeness (QED) is 0.819. The van der Waals surface area contributed by atoms with E-state index in [9.17, 15) is 4.79 Å². The number of rotatable bonds is 6. The van der Waals surface area contributed by atoms with Crippen LogP contribution < -0.4 is 14.8 Å². The summed E-state index contributed by atoms with van der Waals surface area (Å²) in [7, 11) is 1.53. The highest BCUT2D eigenvalue weighted by Gasteiger charge is 2.15. The van der Waals surface area contributed by atoms with Crippen LogP contribution in [-0.4, -0.2) is 19.6 Å². The van der Waals surface area contributed by atoms with Crippen molar-refractivity contribution >= 4 is 21.8 Å². The maximum Gasteiger partial charge on any atom is 0.251 e. The van der Waals surface area contributed by atoms with Gasteiger partial charge in [0.1, 0.15) is 0 Å². The second kappa shape index (κ2) is 8.37. The summed E-state index contributed by atoms with van der Waals surface area (Å²) in [5.74, 6) is 0.847. The molecule has 1 amide bonds. The molecule has 0 spiro atoms. The molecule has 0 fully saturated rings. The topological polar surface area (TPSA) is 71.3 Å². The first-order valence-electron chi connectivity index (χ1n) is 7.36. The van der Waals surface area contributed by atoms with Crippen LogP contribution in [0.2, 0.25) is 0 Å². The first-order valence-corrected chi connectivity index (χ1v) is 8.16. The molecule has 0 heterocycles. The first kappa shape index (κ1) is 17.8. The SMILES string of the molecule is CCOc1c(Br)cc(C(=O)NCc2ccc(C#N)cc2)cc1OC. The fourth-order valence-corrected chi connectivity index (χ4v) is 2.67. The number of carbonyl (C=O) groups excluding carboxylic acids is 1. The first-order chi connectivity index (χ1) is 11.6. The van der Waals surface area contributed by atoms with Gasteiger partial charge in [0.2, 0.25) is 0 Å². The van der Waals surface area contributed by atoms with Crippen LogP contribution in [-0.2, 0) is 6.54 Å². The van der Waals surface area contributed by atoms with E-state index in [-0.39, 0.29) is 5.91 Å². The Morgan fingerprint density at radius 3 is 2.58 bits per heavy atom. The summed E-state index contributed by atoms with van der Waals surface area (Å²) in [4.78, 5) is 12.3. The van der Waals surface area contributed by atoms with E-state index in [0.29, 0.717) is 40.3 Å². The standard InChI is InChI=1S/C18H17BrN2O3/c1-3-24-17-15(19)8-14(9-16(17)23-2)18(22)21-11-13-6-4-12(10-20)5-7-13/h4-9H,3,11H2,1-2H3,(H,21,22). The predicted octanol–water partition coefficient (Wildman–Crippen LogP) is 3.66. The monoisotopic (exact) mass is 388 g/mol. The van der Waals surface area contributed by atoms with Crippen molar-refractivity contribution < 1.29 is 14.3 Å². The van der Waals surface area contributed by atoms with Crippen molar-refractivity contribution in [2.75, 3.05) is 13.7 Å². The highest BCUT2D eigenvalue weighted by Crippen LogP contribution is 2.36. The Balaban J connectivity index is 2.11. The molecule has 0 aromatic heterocycles. The molecule has 5 nitrogen and oxygen atoms in total. The lowest BCUT2D eigenvalue weighted by molar-refractivity contribution is 0.0950. The number of hydrogen-bond donors (Lipinski definition) is 1. The molecule has 2 aromatic carbocycles. The number of amides is 1. The van der Waals surface area contributed by atoms with Crippen molar-refractivity contribution in [3.05, 3.63) is 57.6 Å². The number of hydrogen-bond acceptors (Lipinski definition) is 4. The lowest BCUT2D eigenvalue weighted by Gasteiger charge is -2.13. The summed E-state index contributed by atoms with van der Waals surface area (Å²) in [6.45, 7) is 2.75. The van der Waals surface area contributed by atoms with Crippen LogP contribution in [0.15, 0.2) is 40.9 Å². The van der Waals surface area contributed by atoms with E-state index >= 15 is 0 Å². The van der Waals surface area contributed by atoms with Gasteiger partial charge in [-0.1, -0.05) is 12.1 Å². The molecule has 2 rings (SSSR count). The molecule has 0 saturated carbocycles. The van der Waals surface area contributed by atoms with Gasteiger partial charge in [-0.2, -0.15) is 5.26 Å². The van der Waals surface area contributed by atoms with Gasteiger partial charge < -0.3 is 14.8 Å². The number of methoxy groups -OCH3 is 1. The average Bonchev–Trinajstić information content (AvgIpc) is 2.61. The molecule has 0 saturated heterocycles. The van der Waals surface area contributed by atoms with Crippen molar-refractivity contribution in [1.82, 2.24) is 5.32 Å². The Morgan fingerprint density at radius 1 is 1.29 bits per heavy atom. The van der Waals surface area contributed by atoms with Crippen LogP contribution in [0.25, 0.3) is 0 Å². The van der Waals surface area contributed by atoms with E-state index in [1.54, 1.807) is 24.3 Å². The maximum atomic E-state index is 12.3. The lowest BCUT2D eigenvalue weighted by Crippen LogP contribution is -2.22. The Morgan fingerprint density at radius 2 is 2.00 bits per heavy atom. The number of benzene rings is 2. The zero-order valence-electron chi connectivity index (χ0n) is 13.4. The summed E-state index contributed by atoms with van der Waals surface area (Å²) in [5.41, 5.74) is 1.97. The highest BCUT2D eigenvalue weighted by molar-refractivity contribution is 9.10. The summed E-state index contributed by atoms with van der Waals surface area (Å²) in [6.07, 6.45) is 0. The molecule has 0 aliphatic rings. The van der Waals surface area contributed by atoms with Crippen LogP contribution in [0.4, 0.5) is 0 Å². The third-order valence-electron chi connectivity index (χ3n) is 3.32.